The number of carbonyl (C=O) groups is 1. The maximum absolute atomic E-state index is 10.6. The summed E-state index contributed by atoms with van der Waals surface area (Å²) in [6.45, 7) is 0.886. The van der Waals surface area contributed by atoms with Crippen molar-refractivity contribution >= 4 is 27.5 Å². The number of primary amides is 1. The molecule has 0 radical (unpaired) electrons. The number of carbonyl (C=O) groups excluding carboxylic acids is 1. The molecule has 0 aliphatic heterocycles. The highest BCUT2D eigenvalue weighted by Crippen LogP contribution is 2.20. The van der Waals surface area contributed by atoms with Crippen molar-refractivity contribution in [1.82, 2.24) is 0 Å². The quantitative estimate of drug-likeness (QED) is 0.813. The Bertz CT molecular complexity index is 566. The Balaban J connectivity index is 1.82. The second-order valence-electron chi connectivity index (χ2n) is 4.13. The normalized spacial score (nSPS) is 10.2. The van der Waals surface area contributed by atoms with Gasteiger partial charge in [-0.25, -0.2) is 0 Å². The summed E-state index contributed by atoms with van der Waals surface area (Å²) in [4.78, 5) is 10.6. The lowest BCUT2D eigenvalue weighted by atomic mass is 10.3. The molecule has 0 fully saturated rings. The molecule has 0 aliphatic rings. The third-order valence-corrected chi connectivity index (χ3v) is 3.32. The molecule has 1 aromatic carbocycles. The first-order chi connectivity index (χ1) is 9.65. The molecule has 0 unspecified atom stereocenters. The van der Waals surface area contributed by atoms with Crippen molar-refractivity contribution in [3.63, 3.8) is 0 Å². The Hall–Kier alpha value is -1.95. The highest BCUT2D eigenvalue weighted by atomic mass is 79.9. The number of hydrogen-bond acceptors (Lipinski definition) is 4. The summed E-state index contributed by atoms with van der Waals surface area (Å²) in [5.41, 5.74) is 5.99. The minimum Gasteiger partial charge on any atom is -0.493 e. The second kappa shape index (κ2) is 7.00. The number of nitrogens with two attached hydrogens (primary N) is 1. The molecule has 1 amide bonds. The first kappa shape index (κ1) is 14.5. The fourth-order valence-corrected chi connectivity index (χ4v) is 1.91. The summed E-state index contributed by atoms with van der Waals surface area (Å²) in [5, 5.41) is 3.24. The number of ether oxygens (including phenoxy) is 1. The Labute approximate surface area is 125 Å². The van der Waals surface area contributed by atoms with Crippen molar-refractivity contribution in [3.05, 3.63) is 46.8 Å². The molecule has 0 saturated carbocycles. The summed E-state index contributed by atoms with van der Waals surface area (Å²) in [5.74, 6) is 1.18. The maximum atomic E-state index is 10.6. The molecule has 0 spiro atoms. The van der Waals surface area contributed by atoms with Crippen LogP contribution in [0.25, 0.3) is 0 Å². The number of benzene rings is 1. The predicted molar refractivity (Wildman–Crippen MR) is 79.5 cm³/mol. The van der Waals surface area contributed by atoms with Crippen LogP contribution in [-0.2, 0) is 11.3 Å². The Kier molecular flexibility index (Phi) is 5.06. The summed E-state index contributed by atoms with van der Waals surface area (Å²) >= 11 is 3.40. The van der Waals surface area contributed by atoms with Gasteiger partial charge in [0.2, 0.25) is 5.91 Å². The molecular weight excluding hydrogens is 324 g/mol. The lowest BCUT2D eigenvalue weighted by Gasteiger charge is -2.08. The van der Waals surface area contributed by atoms with Gasteiger partial charge in [0, 0.05) is 5.69 Å². The van der Waals surface area contributed by atoms with E-state index in [1.165, 1.54) is 0 Å². The average molecular weight is 339 g/mol. The Morgan fingerprint density at radius 3 is 2.65 bits per heavy atom. The Morgan fingerprint density at radius 2 is 2.05 bits per heavy atom. The molecule has 6 heteroatoms. The standard InChI is InChI=1S/C14H15BrN2O3/c15-12-5-7-20-13(12)9-17-10-1-3-11(4-2-10)19-8-6-14(16)18/h1-5,7,17H,6,8-9H2,(H2,16,18). The smallest absolute Gasteiger partial charge is 0.220 e. The van der Waals surface area contributed by atoms with Crippen LogP contribution in [-0.4, -0.2) is 12.5 Å². The van der Waals surface area contributed by atoms with Crippen LogP contribution in [0.4, 0.5) is 5.69 Å². The number of nitrogens with one attached hydrogen (secondary N) is 1. The molecule has 0 atom stereocenters. The Morgan fingerprint density at radius 1 is 1.30 bits per heavy atom. The van der Waals surface area contributed by atoms with Crippen LogP contribution in [0.15, 0.2) is 45.5 Å². The molecule has 20 heavy (non-hydrogen) atoms. The van der Waals surface area contributed by atoms with Gasteiger partial charge in [-0.05, 0) is 46.3 Å². The van der Waals surface area contributed by atoms with Crippen molar-refractivity contribution in [3.8, 4) is 5.75 Å². The summed E-state index contributed by atoms with van der Waals surface area (Å²) in [6.07, 6.45) is 1.85. The zero-order valence-electron chi connectivity index (χ0n) is 10.8. The minimum absolute atomic E-state index is 0.215. The van der Waals surface area contributed by atoms with Crippen LogP contribution < -0.4 is 15.8 Å². The monoisotopic (exact) mass is 338 g/mol. The van der Waals surface area contributed by atoms with Crippen LogP contribution in [0, 0.1) is 0 Å². The first-order valence-corrected chi connectivity index (χ1v) is 6.91. The summed E-state index contributed by atoms with van der Waals surface area (Å²) in [6, 6.07) is 9.32. The largest absolute Gasteiger partial charge is 0.493 e. The maximum Gasteiger partial charge on any atom is 0.220 e. The fourth-order valence-electron chi connectivity index (χ4n) is 1.57. The highest BCUT2D eigenvalue weighted by Gasteiger charge is 2.03. The lowest BCUT2D eigenvalue weighted by molar-refractivity contribution is -0.118. The van der Waals surface area contributed by atoms with E-state index in [0.29, 0.717) is 18.9 Å². The van der Waals surface area contributed by atoms with E-state index in [1.54, 1.807) is 6.26 Å². The van der Waals surface area contributed by atoms with Gasteiger partial charge in [-0.2, -0.15) is 0 Å². The van der Waals surface area contributed by atoms with E-state index in [2.05, 4.69) is 21.2 Å². The molecule has 0 bridgehead atoms. The molecule has 5 nitrogen and oxygen atoms in total. The van der Waals surface area contributed by atoms with Gasteiger partial charge in [0.25, 0.3) is 0 Å². The van der Waals surface area contributed by atoms with Crippen molar-refractivity contribution in [1.29, 1.82) is 0 Å². The second-order valence-corrected chi connectivity index (χ2v) is 4.99. The number of amides is 1. The van der Waals surface area contributed by atoms with Crippen LogP contribution in [0.2, 0.25) is 0 Å². The zero-order chi connectivity index (χ0) is 14.4. The number of furan rings is 1. The van der Waals surface area contributed by atoms with E-state index in [0.717, 1.165) is 15.9 Å². The van der Waals surface area contributed by atoms with E-state index in [4.69, 9.17) is 14.9 Å². The fraction of sp³-hybridized carbons (Fsp3) is 0.214. The topological polar surface area (TPSA) is 77.5 Å². The number of hydrogen-bond donors (Lipinski definition) is 2. The van der Waals surface area contributed by atoms with E-state index in [-0.39, 0.29) is 12.3 Å². The van der Waals surface area contributed by atoms with Crippen LogP contribution >= 0.6 is 15.9 Å². The van der Waals surface area contributed by atoms with Crippen molar-refractivity contribution in [2.75, 3.05) is 11.9 Å². The van der Waals surface area contributed by atoms with E-state index < -0.39 is 0 Å². The van der Waals surface area contributed by atoms with E-state index >= 15 is 0 Å². The molecule has 1 heterocycles. The van der Waals surface area contributed by atoms with Crippen LogP contribution in [0.5, 0.6) is 5.75 Å². The zero-order valence-corrected chi connectivity index (χ0v) is 12.4. The van der Waals surface area contributed by atoms with Gasteiger partial charge >= 0.3 is 0 Å². The molecule has 0 saturated heterocycles. The minimum atomic E-state index is -0.368. The van der Waals surface area contributed by atoms with Crippen molar-refractivity contribution < 1.29 is 13.9 Å². The van der Waals surface area contributed by atoms with Gasteiger partial charge in [0.15, 0.2) is 0 Å². The third kappa shape index (κ3) is 4.31. The van der Waals surface area contributed by atoms with Gasteiger partial charge in [0.05, 0.1) is 30.3 Å². The summed E-state index contributed by atoms with van der Waals surface area (Å²) in [7, 11) is 0. The lowest BCUT2D eigenvalue weighted by Crippen LogP contribution is -2.14. The molecular formula is C14H15BrN2O3. The van der Waals surface area contributed by atoms with Gasteiger partial charge in [0.1, 0.15) is 11.5 Å². The van der Waals surface area contributed by atoms with Gasteiger partial charge in [-0.1, -0.05) is 0 Å². The number of halogens is 1. The van der Waals surface area contributed by atoms with Crippen molar-refractivity contribution in [2.24, 2.45) is 5.73 Å². The number of rotatable bonds is 7. The summed E-state index contributed by atoms with van der Waals surface area (Å²) < 4.78 is 11.6. The van der Waals surface area contributed by atoms with Crippen molar-refractivity contribution in [2.45, 2.75) is 13.0 Å². The first-order valence-electron chi connectivity index (χ1n) is 6.12. The highest BCUT2D eigenvalue weighted by molar-refractivity contribution is 9.10. The van der Waals surface area contributed by atoms with Crippen LogP contribution in [0.3, 0.4) is 0 Å². The van der Waals surface area contributed by atoms with Gasteiger partial charge in [-0.3, -0.25) is 4.79 Å². The molecule has 2 rings (SSSR count). The molecule has 0 aliphatic carbocycles. The molecule has 2 aromatic rings. The average Bonchev–Trinajstić information content (AvgIpc) is 2.83. The predicted octanol–water partition coefficient (Wildman–Crippen LogP) is 2.91. The van der Waals surface area contributed by atoms with Gasteiger partial charge in [-0.15, -0.1) is 0 Å². The SMILES string of the molecule is NC(=O)CCOc1ccc(NCc2occc2Br)cc1. The molecule has 3 N–H and O–H groups in total. The molecule has 1 aromatic heterocycles. The van der Waals surface area contributed by atoms with Crippen LogP contribution in [0.1, 0.15) is 12.2 Å². The molecule has 106 valence electrons. The van der Waals surface area contributed by atoms with Gasteiger partial charge < -0.3 is 20.2 Å². The number of anilines is 1. The third-order valence-electron chi connectivity index (χ3n) is 2.62. The van der Waals surface area contributed by atoms with E-state index in [9.17, 15) is 4.79 Å². The van der Waals surface area contributed by atoms with E-state index in [1.807, 2.05) is 30.3 Å².